The number of rotatable bonds is 0. The van der Waals surface area contributed by atoms with Gasteiger partial charge in [0.05, 0.1) is 44.8 Å². The van der Waals surface area contributed by atoms with E-state index in [1.165, 1.54) is 0 Å². The molecule has 3 aromatic rings. The van der Waals surface area contributed by atoms with Gasteiger partial charge in [0.1, 0.15) is 0 Å². The lowest BCUT2D eigenvalue weighted by Crippen LogP contribution is -2.03. The lowest BCUT2D eigenvalue weighted by atomic mass is 10.1. The fraction of sp³-hybridized carbons (Fsp3) is 0.143. The molecule has 0 bridgehead atoms. The molecule has 0 atom stereocenters. The van der Waals surface area contributed by atoms with E-state index in [1.54, 1.807) is 12.1 Å². The average molecular weight is 268 g/mol. The molecular formula is C14H16N6. The van der Waals surface area contributed by atoms with Crippen LogP contribution in [-0.2, 0) is 0 Å². The molecule has 0 aliphatic carbocycles. The molecule has 3 rings (SSSR count). The first-order valence-electron chi connectivity index (χ1n) is 6.20. The van der Waals surface area contributed by atoms with Crippen molar-refractivity contribution in [3.8, 4) is 0 Å². The molecule has 0 fully saturated rings. The molecule has 0 aliphatic rings. The van der Waals surface area contributed by atoms with Gasteiger partial charge >= 0.3 is 0 Å². The fourth-order valence-corrected chi connectivity index (χ4v) is 2.35. The van der Waals surface area contributed by atoms with E-state index in [4.69, 9.17) is 22.9 Å². The van der Waals surface area contributed by atoms with E-state index in [2.05, 4.69) is 9.97 Å². The van der Waals surface area contributed by atoms with Crippen molar-refractivity contribution in [2.75, 3.05) is 22.9 Å². The Balaban J connectivity index is 2.54. The highest BCUT2D eigenvalue weighted by atomic mass is 14.8. The molecule has 20 heavy (non-hydrogen) atoms. The Morgan fingerprint density at radius 2 is 1.10 bits per heavy atom. The second-order valence-electron chi connectivity index (χ2n) is 4.97. The first-order chi connectivity index (χ1) is 9.40. The quantitative estimate of drug-likeness (QED) is 0.363. The number of nitrogens with two attached hydrogens (primary N) is 4. The Bertz CT molecular complexity index is 800. The van der Waals surface area contributed by atoms with Crippen LogP contribution in [0.25, 0.3) is 22.1 Å². The lowest BCUT2D eigenvalue weighted by Gasteiger charge is -2.12. The summed E-state index contributed by atoms with van der Waals surface area (Å²) >= 11 is 0. The Morgan fingerprint density at radius 3 is 1.50 bits per heavy atom. The van der Waals surface area contributed by atoms with Gasteiger partial charge in [-0.2, -0.15) is 0 Å². The SMILES string of the molecule is Cc1c(N)c(N)cc2nc3cc(N)c(N)c(C)c3nc12. The van der Waals surface area contributed by atoms with Crippen LogP contribution in [0.5, 0.6) is 0 Å². The van der Waals surface area contributed by atoms with Gasteiger partial charge in [0.25, 0.3) is 0 Å². The molecule has 1 aromatic heterocycles. The number of aryl methyl sites for hydroxylation is 2. The van der Waals surface area contributed by atoms with Gasteiger partial charge in [0, 0.05) is 11.1 Å². The number of hydrogen-bond acceptors (Lipinski definition) is 6. The van der Waals surface area contributed by atoms with Crippen molar-refractivity contribution in [1.82, 2.24) is 9.97 Å². The zero-order valence-electron chi connectivity index (χ0n) is 11.4. The standard InChI is InChI=1S/C14H16N6/c1-5-11(17)7(15)3-9-13(5)20-14-6(2)12(18)8(16)4-10(14)19-9/h3-4H,15-18H2,1-2H3. The van der Waals surface area contributed by atoms with Crippen LogP contribution in [0.15, 0.2) is 12.1 Å². The predicted molar refractivity (Wildman–Crippen MR) is 84.2 cm³/mol. The van der Waals surface area contributed by atoms with E-state index >= 15 is 0 Å². The number of hydrogen-bond donors (Lipinski definition) is 4. The maximum Gasteiger partial charge on any atom is 0.0945 e. The van der Waals surface area contributed by atoms with Crippen LogP contribution >= 0.6 is 0 Å². The third-order valence-electron chi connectivity index (χ3n) is 3.67. The normalized spacial score (nSPS) is 11.3. The van der Waals surface area contributed by atoms with Crippen LogP contribution in [-0.4, -0.2) is 9.97 Å². The summed E-state index contributed by atoms with van der Waals surface area (Å²) in [5.74, 6) is 0. The molecule has 102 valence electrons. The third kappa shape index (κ3) is 1.51. The number of anilines is 4. The number of benzene rings is 2. The minimum absolute atomic E-state index is 0.504. The molecule has 8 N–H and O–H groups in total. The Kier molecular flexibility index (Phi) is 2.37. The molecule has 0 aliphatic heterocycles. The highest BCUT2D eigenvalue weighted by molar-refractivity contribution is 5.98. The summed E-state index contributed by atoms with van der Waals surface area (Å²) in [6.07, 6.45) is 0. The van der Waals surface area contributed by atoms with Crippen LogP contribution < -0.4 is 22.9 Å². The number of aromatic nitrogens is 2. The van der Waals surface area contributed by atoms with Crippen molar-refractivity contribution in [3.63, 3.8) is 0 Å². The first-order valence-corrected chi connectivity index (χ1v) is 6.20. The third-order valence-corrected chi connectivity index (χ3v) is 3.67. The van der Waals surface area contributed by atoms with Crippen LogP contribution in [0.1, 0.15) is 11.1 Å². The summed E-state index contributed by atoms with van der Waals surface area (Å²) in [6, 6.07) is 3.46. The first kappa shape index (κ1) is 12.3. The van der Waals surface area contributed by atoms with Gasteiger partial charge in [-0.25, -0.2) is 9.97 Å². The number of fused-ring (bicyclic) bond motifs is 2. The van der Waals surface area contributed by atoms with Crippen molar-refractivity contribution < 1.29 is 0 Å². The predicted octanol–water partition coefficient (Wildman–Crippen LogP) is 1.73. The summed E-state index contributed by atoms with van der Waals surface area (Å²) < 4.78 is 0. The molecule has 1 heterocycles. The Hall–Kier alpha value is -2.76. The van der Waals surface area contributed by atoms with Gasteiger partial charge in [0.15, 0.2) is 0 Å². The van der Waals surface area contributed by atoms with E-state index < -0.39 is 0 Å². The van der Waals surface area contributed by atoms with Gasteiger partial charge in [0.2, 0.25) is 0 Å². The second-order valence-corrected chi connectivity index (χ2v) is 4.97. The molecule has 0 saturated heterocycles. The van der Waals surface area contributed by atoms with Crippen molar-refractivity contribution in [2.24, 2.45) is 0 Å². The molecule has 2 aromatic carbocycles. The zero-order chi connectivity index (χ0) is 14.6. The molecule has 0 spiro atoms. The van der Waals surface area contributed by atoms with Crippen molar-refractivity contribution >= 4 is 44.8 Å². The monoisotopic (exact) mass is 268 g/mol. The van der Waals surface area contributed by atoms with Crippen LogP contribution in [0.4, 0.5) is 22.7 Å². The van der Waals surface area contributed by atoms with Crippen molar-refractivity contribution in [3.05, 3.63) is 23.3 Å². The highest BCUT2D eigenvalue weighted by Crippen LogP contribution is 2.32. The molecule has 0 unspecified atom stereocenters. The van der Waals surface area contributed by atoms with Crippen molar-refractivity contribution in [2.45, 2.75) is 13.8 Å². The minimum atomic E-state index is 0.504. The van der Waals surface area contributed by atoms with Gasteiger partial charge in [-0.3, -0.25) is 0 Å². The smallest absolute Gasteiger partial charge is 0.0945 e. The Labute approximate surface area is 115 Å². The van der Waals surface area contributed by atoms with Gasteiger partial charge in [-0.1, -0.05) is 0 Å². The second kappa shape index (κ2) is 3.86. The summed E-state index contributed by atoms with van der Waals surface area (Å²) in [6.45, 7) is 3.76. The van der Waals surface area contributed by atoms with Crippen LogP contribution in [0.3, 0.4) is 0 Å². The van der Waals surface area contributed by atoms with E-state index in [9.17, 15) is 0 Å². The van der Waals surface area contributed by atoms with E-state index in [0.29, 0.717) is 33.8 Å². The summed E-state index contributed by atoms with van der Waals surface area (Å²) in [5.41, 5.74) is 30.2. The zero-order valence-corrected chi connectivity index (χ0v) is 11.4. The summed E-state index contributed by atoms with van der Waals surface area (Å²) in [7, 11) is 0. The van der Waals surface area contributed by atoms with E-state index in [-0.39, 0.29) is 0 Å². The molecule has 0 saturated carbocycles. The molecular weight excluding hydrogens is 252 g/mol. The number of nitrogen functional groups attached to an aromatic ring is 4. The molecule has 0 amide bonds. The molecule has 0 radical (unpaired) electrons. The highest BCUT2D eigenvalue weighted by Gasteiger charge is 2.13. The number of nitrogens with zero attached hydrogens (tertiary/aromatic N) is 2. The fourth-order valence-electron chi connectivity index (χ4n) is 2.35. The maximum atomic E-state index is 5.95. The average Bonchev–Trinajstić information content (AvgIpc) is 2.41. The topological polar surface area (TPSA) is 130 Å². The summed E-state index contributed by atoms with van der Waals surface area (Å²) in [5, 5.41) is 0. The van der Waals surface area contributed by atoms with Gasteiger partial charge in [-0.05, 0) is 26.0 Å². The van der Waals surface area contributed by atoms with Crippen LogP contribution in [0.2, 0.25) is 0 Å². The molecule has 6 heteroatoms. The van der Waals surface area contributed by atoms with Crippen molar-refractivity contribution in [1.29, 1.82) is 0 Å². The van der Waals surface area contributed by atoms with E-state index in [0.717, 1.165) is 22.2 Å². The Morgan fingerprint density at radius 1 is 0.700 bits per heavy atom. The van der Waals surface area contributed by atoms with Crippen LogP contribution in [0, 0.1) is 13.8 Å². The van der Waals surface area contributed by atoms with Gasteiger partial charge < -0.3 is 22.9 Å². The van der Waals surface area contributed by atoms with Gasteiger partial charge in [-0.15, -0.1) is 0 Å². The largest absolute Gasteiger partial charge is 0.397 e. The van der Waals surface area contributed by atoms with E-state index in [1.807, 2.05) is 13.8 Å². The summed E-state index contributed by atoms with van der Waals surface area (Å²) in [4.78, 5) is 9.22. The lowest BCUT2D eigenvalue weighted by molar-refractivity contribution is 1.33. The maximum absolute atomic E-state index is 5.95. The molecule has 6 nitrogen and oxygen atoms in total. The minimum Gasteiger partial charge on any atom is -0.397 e.